The second-order valence-corrected chi connectivity index (χ2v) is 18.5. The minimum atomic E-state index is -2.25. The zero-order valence-corrected chi connectivity index (χ0v) is 33.9. The van der Waals surface area contributed by atoms with Gasteiger partial charge in [-0.05, 0) is 61.1 Å². The summed E-state index contributed by atoms with van der Waals surface area (Å²) in [6.45, 7) is 9.70. The highest BCUT2D eigenvalue weighted by Crippen LogP contribution is 2.66. The maximum Gasteiger partial charge on any atom is 0.344 e. The van der Waals surface area contributed by atoms with Crippen LogP contribution >= 0.6 is 0 Å². The molecular weight excluding hydrogens is 725 g/mol. The minimum Gasteiger partial charge on any atom is -0.468 e. The summed E-state index contributed by atoms with van der Waals surface area (Å²) in [5, 5.41) is 17.8. The van der Waals surface area contributed by atoms with Gasteiger partial charge in [-0.15, -0.1) is 0 Å². The quantitative estimate of drug-likeness (QED) is 0.110. The number of piperidine rings is 1. The number of para-hydroxylation sites is 1. The number of aromatic amines is 1. The third-order valence-corrected chi connectivity index (χ3v) is 15.9. The van der Waals surface area contributed by atoms with Crippen molar-refractivity contribution >= 4 is 34.5 Å². The fourth-order valence-electron chi connectivity index (χ4n) is 13.7. The smallest absolute Gasteiger partial charge is 0.344 e. The molecule has 6 aliphatic heterocycles. The number of nitrogens with one attached hydrogen (secondary N) is 2. The van der Waals surface area contributed by atoms with E-state index in [1.54, 1.807) is 0 Å². The molecule has 1 aromatic heterocycles. The lowest BCUT2D eigenvalue weighted by atomic mass is 9.47. The molecule has 12 heteroatoms. The van der Waals surface area contributed by atoms with Gasteiger partial charge in [0.05, 0.1) is 40.4 Å². The van der Waals surface area contributed by atoms with E-state index in [1.165, 1.54) is 21.1 Å². The van der Waals surface area contributed by atoms with Crippen LogP contribution in [0.25, 0.3) is 10.9 Å². The fraction of sp³-hybridized carbons (Fsp3) is 0.578. The van der Waals surface area contributed by atoms with Gasteiger partial charge < -0.3 is 38.8 Å². The number of methoxy groups -OCH3 is 2. The summed E-state index contributed by atoms with van der Waals surface area (Å²) in [5.41, 5.74) is 0.0225. The van der Waals surface area contributed by atoms with Crippen molar-refractivity contribution in [2.45, 2.75) is 99.2 Å². The van der Waals surface area contributed by atoms with E-state index in [4.69, 9.17) is 18.9 Å². The summed E-state index contributed by atoms with van der Waals surface area (Å²) >= 11 is 0. The lowest BCUT2D eigenvalue weighted by molar-refractivity contribution is -0.918. The highest BCUT2D eigenvalue weighted by atomic mass is 16.6. The van der Waals surface area contributed by atoms with Gasteiger partial charge in [0.1, 0.15) is 23.7 Å². The van der Waals surface area contributed by atoms with E-state index in [2.05, 4.69) is 65.6 Å². The SMILES string of the molecule is CC[C@]12C[N@@+]3(C)CCc4c([nH]c5ccccc45)[C@@](C(=O)OC)(c4ccc5c(c4)[C@@]46CCN7CC=C[C@@](CC)([C@@H](OC(C)=O)[C@](O)(C(=O)OC)[C@@H]4N5)[C@H]76)C[C@H](C3)C1O2. The third kappa shape index (κ3) is 4.56. The number of H-pyrrole nitrogens is 1. The number of carbonyl (C=O) groups excluding carboxylic acids is 3. The van der Waals surface area contributed by atoms with Crippen molar-refractivity contribution < 1.29 is 42.9 Å². The number of likely N-dealkylation sites (N-methyl/N-ethyl adjacent to an activating group) is 1. The van der Waals surface area contributed by atoms with Crippen molar-refractivity contribution in [1.82, 2.24) is 9.88 Å². The standard InChI is InChI=1S/C45H55N4O8/c1-7-41-17-11-19-48-20-18-43(37(41)48)31-22-28(14-15-33(31)47-36(43)45(53,40(52)55-6)38(41)56-26(3)50)44(39(51)54-5)23-27-24-49(4,25-42(8-2)35(27)57-42)21-16-30-29-12-9-10-13-32(29)46-34(30)44/h9-15,17,22,27,35-38,46-47,53H,7-8,16,18-21,23-25H2,1-6H3/q+1/t27-,35?,36-,37+,38-,41-,42+,43+,44+,45+,49+/m1/s1. The van der Waals surface area contributed by atoms with Gasteiger partial charge in [-0.2, -0.15) is 0 Å². The zero-order valence-electron chi connectivity index (χ0n) is 33.9. The van der Waals surface area contributed by atoms with Gasteiger partial charge >= 0.3 is 17.9 Å². The third-order valence-electron chi connectivity index (χ3n) is 15.9. The Morgan fingerprint density at radius 2 is 1.86 bits per heavy atom. The van der Waals surface area contributed by atoms with Crippen LogP contribution in [0.4, 0.5) is 5.69 Å². The number of esters is 3. The van der Waals surface area contributed by atoms with Gasteiger partial charge in [-0.3, -0.25) is 14.5 Å². The summed E-state index contributed by atoms with van der Waals surface area (Å²) in [6, 6.07) is 13.4. The first kappa shape index (κ1) is 37.1. The fourth-order valence-corrected chi connectivity index (χ4v) is 13.7. The van der Waals surface area contributed by atoms with Gasteiger partial charge in [0, 0.05) is 65.0 Å². The normalized spacial score (nSPS) is 40.9. The maximum absolute atomic E-state index is 15.2. The van der Waals surface area contributed by atoms with Crippen LogP contribution in [0.5, 0.6) is 0 Å². The Morgan fingerprint density at radius 3 is 2.60 bits per heavy atom. The monoisotopic (exact) mass is 779 g/mol. The number of hydrogen-bond acceptors (Lipinski definition) is 10. The average molecular weight is 780 g/mol. The molecule has 57 heavy (non-hydrogen) atoms. The summed E-state index contributed by atoms with van der Waals surface area (Å²) in [4.78, 5) is 48.5. The van der Waals surface area contributed by atoms with Crippen molar-refractivity contribution in [3.8, 4) is 0 Å². The lowest BCUT2D eigenvalue weighted by Gasteiger charge is -2.62. The Morgan fingerprint density at radius 1 is 1.07 bits per heavy atom. The van der Waals surface area contributed by atoms with E-state index in [0.717, 1.165) is 75.9 Å². The minimum absolute atomic E-state index is 0.0388. The Labute approximate surface area is 333 Å². The van der Waals surface area contributed by atoms with Crippen LogP contribution in [0.3, 0.4) is 0 Å². The molecule has 3 aromatic rings. The second-order valence-electron chi connectivity index (χ2n) is 18.5. The topological polar surface area (TPSA) is 143 Å². The number of epoxide rings is 1. The number of benzene rings is 2. The van der Waals surface area contributed by atoms with E-state index in [-0.39, 0.29) is 29.6 Å². The summed E-state index contributed by atoms with van der Waals surface area (Å²) in [6.07, 6.45) is 6.25. The van der Waals surface area contributed by atoms with Crippen LogP contribution in [0, 0.1) is 11.3 Å². The molecule has 1 aliphatic carbocycles. The molecule has 11 atom stereocenters. The van der Waals surface area contributed by atoms with Crippen LogP contribution in [0.2, 0.25) is 0 Å². The molecule has 10 rings (SSSR count). The number of fused-ring (bicyclic) bond motifs is 8. The van der Waals surface area contributed by atoms with Crippen LogP contribution in [-0.4, -0.2) is 127 Å². The molecule has 0 amide bonds. The largest absolute Gasteiger partial charge is 0.468 e. The van der Waals surface area contributed by atoms with Crippen molar-refractivity contribution in [1.29, 1.82) is 0 Å². The second kappa shape index (κ2) is 12.2. The van der Waals surface area contributed by atoms with E-state index >= 15 is 4.79 Å². The average Bonchev–Trinajstić information content (AvgIpc) is 3.45. The molecule has 1 saturated carbocycles. The van der Waals surface area contributed by atoms with Crippen molar-refractivity contribution in [3.63, 3.8) is 0 Å². The van der Waals surface area contributed by atoms with Crippen molar-refractivity contribution in [2.75, 3.05) is 59.3 Å². The Bertz CT molecular complexity index is 2260. The highest BCUT2D eigenvalue weighted by molar-refractivity contribution is 5.94. The number of quaternary nitrogens is 1. The number of carbonyl (C=O) groups is 3. The molecule has 0 radical (unpaired) electrons. The molecule has 302 valence electrons. The predicted molar refractivity (Wildman–Crippen MR) is 211 cm³/mol. The van der Waals surface area contributed by atoms with Gasteiger partial charge in [0.15, 0.2) is 6.10 Å². The molecule has 2 aromatic carbocycles. The molecule has 4 fully saturated rings. The van der Waals surface area contributed by atoms with Crippen molar-refractivity contribution in [2.24, 2.45) is 11.3 Å². The van der Waals surface area contributed by atoms with E-state index in [9.17, 15) is 14.7 Å². The molecule has 12 nitrogen and oxygen atoms in total. The van der Waals surface area contributed by atoms with Crippen molar-refractivity contribution in [3.05, 3.63) is 77.0 Å². The molecular formula is C45H55N4O8+. The number of aliphatic hydroxyl groups is 1. The van der Waals surface area contributed by atoms with Gasteiger partial charge in [-0.25, -0.2) is 4.79 Å². The Kier molecular flexibility index (Phi) is 7.91. The zero-order chi connectivity index (χ0) is 39.9. The first-order valence-corrected chi connectivity index (χ1v) is 20.8. The number of rotatable bonds is 6. The highest BCUT2D eigenvalue weighted by Gasteiger charge is 2.79. The number of aromatic nitrogens is 1. The first-order valence-electron chi connectivity index (χ1n) is 20.8. The van der Waals surface area contributed by atoms with E-state index < -0.39 is 45.9 Å². The van der Waals surface area contributed by atoms with Crippen LogP contribution < -0.4 is 5.32 Å². The molecule has 1 spiro atoms. The maximum atomic E-state index is 15.2. The van der Waals surface area contributed by atoms with Gasteiger partial charge in [0.2, 0.25) is 5.60 Å². The van der Waals surface area contributed by atoms with E-state index in [1.807, 2.05) is 25.1 Å². The lowest BCUT2D eigenvalue weighted by Crippen LogP contribution is -2.80. The summed E-state index contributed by atoms with van der Waals surface area (Å²) in [7, 11) is 5.10. The first-order chi connectivity index (χ1) is 27.3. The molecule has 7 aliphatic rings. The van der Waals surface area contributed by atoms with Gasteiger partial charge in [-0.1, -0.05) is 56.3 Å². The van der Waals surface area contributed by atoms with E-state index in [0.29, 0.717) is 32.4 Å². The summed E-state index contributed by atoms with van der Waals surface area (Å²) < 4.78 is 25.0. The number of anilines is 1. The molecule has 3 saturated heterocycles. The van der Waals surface area contributed by atoms with Crippen LogP contribution in [-0.2, 0) is 50.6 Å². The van der Waals surface area contributed by atoms with Gasteiger partial charge in [0.25, 0.3) is 0 Å². The van der Waals surface area contributed by atoms with Crippen LogP contribution in [0.1, 0.15) is 68.8 Å². The summed E-state index contributed by atoms with van der Waals surface area (Å²) in [5.74, 6) is -1.70. The number of ether oxygens (including phenoxy) is 4. The Hall–Kier alpha value is -4.23. The molecule has 2 bridgehead atoms. The predicted octanol–water partition coefficient (Wildman–Crippen LogP) is 4.12. The molecule has 1 unspecified atom stereocenters. The molecule has 7 heterocycles. The number of nitrogens with zero attached hydrogens (tertiary/aromatic N) is 2. The Balaban J connectivity index is 1.23. The number of hydrogen-bond donors (Lipinski definition) is 3. The molecule has 3 N–H and O–H groups in total. The van der Waals surface area contributed by atoms with Crippen LogP contribution in [0.15, 0.2) is 54.6 Å².